The normalized spacial score (nSPS) is 12.5. The molecule has 2 rings (SSSR count). The van der Waals surface area contributed by atoms with E-state index in [1.54, 1.807) is 0 Å². The molecule has 21 heavy (non-hydrogen) atoms. The second-order valence-electron chi connectivity index (χ2n) is 5.06. The maximum Gasteiger partial charge on any atom is 0.132 e. The van der Waals surface area contributed by atoms with Crippen LogP contribution >= 0.6 is 15.9 Å². The fourth-order valence-corrected chi connectivity index (χ4v) is 2.89. The lowest BCUT2D eigenvalue weighted by molar-refractivity contribution is 0.508. The SMILES string of the molecule is CCNC(c1cccc(C)c1C)c1c(F)cc(Br)cc1F. The van der Waals surface area contributed by atoms with Crippen LogP contribution in [0.15, 0.2) is 34.8 Å². The van der Waals surface area contributed by atoms with Crippen LogP contribution in [-0.2, 0) is 0 Å². The van der Waals surface area contributed by atoms with Crippen molar-refractivity contribution in [2.45, 2.75) is 26.8 Å². The van der Waals surface area contributed by atoms with Crippen molar-refractivity contribution in [3.05, 3.63) is 68.7 Å². The van der Waals surface area contributed by atoms with E-state index in [0.717, 1.165) is 16.7 Å². The molecular formula is C17H18BrF2N. The molecule has 0 aromatic heterocycles. The summed E-state index contributed by atoms with van der Waals surface area (Å²) in [6.07, 6.45) is 0. The van der Waals surface area contributed by atoms with Gasteiger partial charge in [-0.1, -0.05) is 41.1 Å². The minimum atomic E-state index is -0.547. The Morgan fingerprint density at radius 2 is 1.76 bits per heavy atom. The van der Waals surface area contributed by atoms with Gasteiger partial charge in [0, 0.05) is 10.0 Å². The van der Waals surface area contributed by atoms with Gasteiger partial charge in [-0.2, -0.15) is 0 Å². The van der Waals surface area contributed by atoms with Gasteiger partial charge < -0.3 is 5.32 Å². The molecule has 0 bridgehead atoms. The van der Waals surface area contributed by atoms with E-state index in [1.165, 1.54) is 12.1 Å². The second kappa shape index (κ2) is 6.67. The van der Waals surface area contributed by atoms with Gasteiger partial charge in [0.25, 0.3) is 0 Å². The van der Waals surface area contributed by atoms with Gasteiger partial charge in [0.2, 0.25) is 0 Å². The minimum absolute atomic E-state index is 0.0637. The topological polar surface area (TPSA) is 12.0 Å². The van der Waals surface area contributed by atoms with E-state index in [-0.39, 0.29) is 5.56 Å². The van der Waals surface area contributed by atoms with Crippen molar-refractivity contribution in [1.82, 2.24) is 5.32 Å². The monoisotopic (exact) mass is 353 g/mol. The quantitative estimate of drug-likeness (QED) is 0.811. The Morgan fingerprint density at radius 3 is 2.33 bits per heavy atom. The van der Waals surface area contributed by atoms with Gasteiger partial charge in [0.1, 0.15) is 11.6 Å². The fraction of sp³-hybridized carbons (Fsp3) is 0.294. The van der Waals surface area contributed by atoms with Crippen molar-refractivity contribution in [2.24, 2.45) is 0 Å². The molecule has 0 saturated carbocycles. The first-order chi connectivity index (χ1) is 9.95. The number of nitrogens with one attached hydrogen (secondary N) is 1. The summed E-state index contributed by atoms with van der Waals surface area (Å²) in [6, 6.07) is 7.92. The van der Waals surface area contributed by atoms with Gasteiger partial charge in [0.15, 0.2) is 0 Å². The number of benzene rings is 2. The van der Waals surface area contributed by atoms with E-state index in [9.17, 15) is 8.78 Å². The summed E-state index contributed by atoms with van der Waals surface area (Å²) in [5, 5.41) is 3.19. The van der Waals surface area contributed by atoms with Crippen molar-refractivity contribution < 1.29 is 8.78 Å². The summed E-state index contributed by atoms with van der Waals surface area (Å²) < 4.78 is 29.0. The van der Waals surface area contributed by atoms with Crippen LogP contribution in [0.5, 0.6) is 0 Å². The van der Waals surface area contributed by atoms with Crippen molar-refractivity contribution in [3.63, 3.8) is 0 Å². The molecule has 1 nitrogen and oxygen atoms in total. The molecule has 0 radical (unpaired) electrons. The third-order valence-corrected chi connectivity index (χ3v) is 4.16. The lowest BCUT2D eigenvalue weighted by Gasteiger charge is -2.23. The number of rotatable bonds is 4. The first-order valence-corrected chi connectivity index (χ1v) is 7.69. The van der Waals surface area contributed by atoms with E-state index >= 15 is 0 Å². The van der Waals surface area contributed by atoms with E-state index in [0.29, 0.717) is 11.0 Å². The second-order valence-corrected chi connectivity index (χ2v) is 5.98. The fourth-order valence-electron chi connectivity index (χ4n) is 2.49. The van der Waals surface area contributed by atoms with E-state index in [1.807, 2.05) is 39.0 Å². The van der Waals surface area contributed by atoms with Crippen LogP contribution in [0.1, 0.15) is 35.2 Å². The molecule has 112 valence electrons. The van der Waals surface area contributed by atoms with Gasteiger partial charge in [0.05, 0.1) is 6.04 Å². The van der Waals surface area contributed by atoms with Crippen LogP contribution in [-0.4, -0.2) is 6.54 Å². The minimum Gasteiger partial charge on any atom is -0.306 e. The zero-order valence-electron chi connectivity index (χ0n) is 12.3. The number of hydrogen-bond donors (Lipinski definition) is 1. The van der Waals surface area contributed by atoms with E-state index in [4.69, 9.17) is 0 Å². The van der Waals surface area contributed by atoms with Crippen molar-refractivity contribution in [3.8, 4) is 0 Å². The lowest BCUT2D eigenvalue weighted by Crippen LogP contribution is -2.25. The van der Waals surface area contributed by atoms with Crippen molar-refractivity contribution in [1.29, 1.82) is 0 Å². The van der Waals surface area contributed by atoms with Crippen LogP contribution < -0.4 is 5.32 Å². The molecule has 0 heterocycles. The summed E-state index contributed by atoms with van der Waals surface area (Å²) in [6.45, 7) is 6.51. The Morgan fingerprint density at radius 1 is 1.14 bits per heavy atom. The van der Waals surface area contributed by atoms with E-state index < -0.39 is 17.7 Å². The van der Waals surface area contributed by atoms with Gasteiger partial charge >= 0.3 is 0 Å². The number of hydrogen-bond acceptors (Lipinski definition) is 1. The summed E-state index contributed by atoms with van der Waals surface area (Å²) in [7, 11) is 0. The highest BCUT2D eigenvalue weighted by atomic mass is 79.9. The molecule has 1 unspecified atom stereocenters. The zero-order valence-corrected chi connectivity index (χ0v) is 13.9. The number of halogens is 3. The molecule has 0 aliphatic heterocycles. The van der Waals surface area contributed by atoms with E-state index in [2.05, 4.69) is 21.2 Å². The Balaban J connectivity index is 2.62. The van der Waals surface area contributed by atoms with Crippen LogP contribution in [0.25, 0.3) is 0 Å². The Hall–Kier alpha value is -1.26. The highest BCUT2D eigenvalue weighted by molar-refractivity contribution is 9.10. The maximum atomic E-state index is 14.3. The van der Waals surface area contributed by atoms with Gasteiger partial charge in [-0.05, 0) is 49.2 Å². The summed E-state index contributed by atoms with van der Waals surface area (Å²) in [5.74, 6) is -1.09. The third kappa shape index (κ3) is 3.33. The summed E-state index contributed by atoms with van der Waals surface area (Å²) >= 11 is 3.12. The first kappa shape index (κ1) is 16.1. The largest absolute Gasteiger partial charge is 0.306 e. The van der Waals surface area contributed by atoms with Gasteiger partial charge in [-0.15, -0.1) is 0 Å². The standard InChI is InChI=1S/C17H18BrF2N/c1-4-21-17(13-7-5-6-10(2)11(13)3)16-14(19)8-12(18)9-15(16)20/h5-9,17,21H,4H2,1-3H3. The van der Waals surface area contributed by atoms with Gasteiger partial charge in [-0.25, -0.2) is 8.78 Å². The highest BCUT2D eigenvalue weighted by Crippen LogP contribution is 2.31. The predicted octanol–water partition coefficient (Wildman–Crippen LogP) is 5.04. The molecular weight excluding hydrogens is 336 g/mol. The Kier molecular flexibility index (Phi) is 5.12. The molecule has 0 aliphatic rings. The average molecular weight is 354 g/mol. The van der Waals surface area contributed by atoms with Crippen molar-refractivity contribution in [2.75, 3.05) is 6.54 Å². The molecule has 0 aliphatic carbocycles. The first-order valence-electron chi connectivity index (χ1n) is 6.89. The van der Waals surface area contributed by atoms with Gasteiger partial charge in [-0.3, -0.25) is 0 Å². The van der Waals surface area contributed by atoms with Crippen molar-refractivity contribution >= 4 is 15.9 Å². The molecule has 0 spiro atoms. The van der Waals surface area contributed by atoms with Crippen LogP contribution in [0.2, 0.25) is 0 Å². The molecule has 2 aromatic rings. The molecule has 1 N–H and O–H groups in total. The molecule has 4 heteroatoms. The highest BCUT2D eigenvalue weighted by Gasteiger charge is 2.23. The number of aryl methyl sites for hydroxylation is 1. The molecule has 2 aromatic carbocycles. The van der Waals surface area contributed by atoms with Crippen LogP contribution in [0.3, 0.4) is 0 Å². The molecule has 1 atom stereocenters. The Bertz CT molecular complexity index is 632. The average Bonchev–Trinajstić information content (AvgIpc) is 2.40. The summed E-state index contributed by atoms with van der Waals surface area (Å²) in [5.41, 5.74) is 3.12. The smallest absolute Gasteiger partial charge is 0.132 e. The summed E-state index contributed by atoms with van der Waals surface area (Å²) in [4.78, 5) is 0. The molecule has 0 fully saturated rings. The predicted molar refractivity (Wildman–Crippen MR) is 85.5 cm³/mol. The maximum absolute atomic E-state index is 14.3. The van der Waals surface area contributed by atoms with Crippen LogP contribution in [0.4, 0.5) is 8.78 Å². The zero-order chi connectivity index (χ0) is 15.6. The lowest BCUT2D eigenvalue weighted by atomic mass is 9.92. The van der Waals surface area contributed by atoms with Crippen LogP contribution in [0, 0.1) is 25.5 Å². The molecule has 0 amide bonds. The Labute approximate surface area is 132 Å². The molecule has 0 saturated heterocycles. The third-order valence-electron chi connectivity index (χ3n) is 3.70.